The van der Waals surface area contributed by atoms with E-state index < -0.39 is 17.7 Å². The Balaban J connectivity index is 1.57. The normalized spacial score (nSPS) is 16.6. The zero-order valence-electron chi connectivity index (χ0n) is 21.5. The molecule has 3 aromatic carbocycles. The van der Waals surface area contributed by atoms with Gasteiger partial charge in [-0.25, -0.2) is 0 Å². The number of carbonyl (C=O) groups excluding carboxylic acids is 2. The van der Waals surface area contributed by atoms with Gasteiger partial charge in [-0.05, 0) is 97.4 Å². The molecule has 1 aliphatic rings. The molecule has 192 valence electrons. The van der Waals surface area contributed by atoms with Crippen LogP contribution < -0.4 is 14.4 Å². The van der Waals surface area contributed by atoms with E-state index in [0.29, 0.717) is 28.5 Å². The highest BCUT2D eigenvalue weighted by molar-refractivity contribution is 7.10. The summed E-state index contributed by atoms with van der Waals surface area (Å²) in [6.45, 7) is 5.69. The highest BCUT2D eigenvalue weighted by Gasteiger charge is 2.47. The molecule has 0 spiro atoms. The third-order valence-corrected chi connectivity index (χ3v) is 7.52. The summed E-state index contributed by atoms with van der Waals surface area (Å²) in [5, 5.41) is 13.4. The molecule has 1 saturated heterocycles. The van der Waals surface area contributed by atoms with Crippen LogP contribution in [0.3, 0.4) is 0 Å². The smallest absolute Gasteiger partial charge is 0.300 e. The van der Waals surface area contributed by atoms with Crippen LogP contribution in [0.15, 0.2) is 83.7 Å². The molecule has 1 aliphatic heterocycles. The van der Waals surface area contributed by atoms with Gasteiger partial charge in [-0.1, -0.05) is 18.2 Å². The highest BCUT2D eigenvalue weighted by atomic mass is 32.1. The van der Waals surface area contributed by atoms with E-state index >= 15 is 0 Å². The number of amides is 1. The molecule has 2 heterocycles. The number of rotatable bonds is 6. The molecule has 1 aromatic heterocycles. The van der Waals surface area contributed by atoms with Crippen molar-refractivity contribution in [1.29, 1.82) is 0 Å². The predicted octanol–water partition coefficient (Wildman–Crippen LogP) is 7.10. The van der Waals surface area contributed by atoms with Crippen LogP contribution >= 0.6 is 11.3 Å². The first-order valence-corrected chi connectivity index (χ1v) is 13.0. The largest absolute Gasteiger partial charge is 0.507 e. The van der Waals surface area contributed by atoms with Crippen molar-refractivity contribution in [3.8, 4) is 17.2 Å². The summed E-state index contributed by atoms with van der Waals surface area (Å²) in [5.41, 5.74) is 3.71. The number of aliphatic hydroxyl groups excluding tert-OH is 1. The molecular formula is C31H27NO5S. The molecular weight excluding hydrogens is 498 g/mol. The Hall–Kier alpha value is -4.36. The molecule has 4 aromatic rings. The summed E-state index contributed by atoms with van der Waals surface area (Å²) in [6, 6.07) is 21.3. The molecule has 38 heavy (non-hydrogen) atoms. The first-order valence-electron chi connectivity index (χ1n) is 12.1. The topological polar surface area (TPSA) is 76.1 Å². The summed E-state index contributed by atoms with van der Waals surface area (Å²) in [5.74, 6) is 0.373. The Labute approximate surface area is 225 Å². The van der Waals surface area contributed by atoms with Gasteiger partial charge in [0.05, 0.1) is 12.7 Å². The van der Waals surface area contributed by atoms with Crippen molar-refractivity contribution in [2.75, 3.05) is 12.0 Å². The summed E-state index contributed by atoms with van der Waals surface area (Å²) in [4.78, 5) is 29.0. The Bertz CT molecular complexity index is 1550. The quantitative estimate of drug-likeness (QED) is 0.165. The molecule has 0 bridgehead atoms. The maximum Gasteiger partial charge on any atom is 0.300 e. The van der Waals surface area contributed by atoms with Gasteiger partial charge in [0.1, 0.15) is 29.0 Å². The third-order valence-electron chi connectivity index (χ3n) is 6.59. The minimum Gasteiger partial charge on any atom is -0.507 e. The average molecular weight is 526 g/mol. The van der Waals surface area contributed by atoms with E-state index in [1.807, 2.05) is 68.6 Å². The maximum absolute atomic E-state index is 13.4. The fourth-order valence-electron chi connectivity index (χ4n) is 4.71. The van der Waals surface area contributed by atoms with Gasteiger partial charge in [0.15, 0.2) is 0 Å². The molecule has 0 aliphatic carbocycles. The van der Waals surface area contributed by atoms with Gasteiger partial charge in [-0.3, -0.25) is 14.5 Å². The van der Waals surface area contributed by atoms with Gasteiger partial charge in [-0.15, -0.1) is 11.3 Å². The molecule has 6 nitrogen and oxygen atoms in total. The number of nitrogens with zero attached hydrogens (tertiary/aromatic N) is 1. The number of aliphatic hydroxyl groups is 1. The first-order chi connectivity index (χ1) is 18.3. The number of Topliss-reactive ketones (excluding diaryl/α,β-unsaturated/α-hetero) is 1. The Kier molecular flexibility index (Phi) is 6.78. The fourth-order valence-corrected chi connectivity index (χ4v) is 5.54. The number of anilines is 1. The summed E-state index contributed by atoms with van der Waals surface area (Å²) >= 11 is 1.42. The second-order valence-corrected chi connectivity index (χ2v) is 10.2. The van der Waals surface area contributed by atoms with E-state index in [1.54, 1.807) is 37.4 Å². The molecule has 1 fully saturated rings. The van der Waals surface area contributed by atoms with E-state index in [-0.39, 0.29) is 11.3 Å². The monoisotopic (exact) mass is 525 g/mol. The van der Waals surface area contributed by atoms with Crippen molar-refractivity contribution in [3.05, 3.63) is 111 Å². The molecule has 1 unspecified atom stereocenters. The van der Waals surface area contributed by atoms with E-state index in [2.05, 4.69) is 0 Å². The van der Waals surface area contributed by atoms with Crippen LogP contribution in [0.4, 0.5) is 5.69 Å². The van der Waals surface area contributed by atoms with Gasteiger partial charge in [-0.2, -0.15) is 0 Å². The molecule has 5 rings (SSSR count). The van der Waals surface area contributed by atoms with Crippen molar-refractivity contribution in [2.24, 2.45) is 0 Å². The second-order valence-electron chi connectivity index (χ2n) is 9.23. The van der Waals surface area contributed by atoms with Crippen LogP contribution in [0.1, 0.15) is 33.2 Å². The molecule has 0 saturated carbocycles. The summed E-state index contributed by atoms with van der Waals surface area (Å²) < 4.78 is 11.4. The average Bonchev–Trinajstić information content (AvgIpc) is 3.52. The summed E-state index contributed by atoms with van der Waals surface area (Å²) in [7, 11) is 1.58. The fraction of sp³-hybridized carbons (Fsp3) is 0.161. The minimum atomic E-state index is -0.764. The molecule has 1 atom stereocenters. The van der Waals surface area contributed by atoms with Crippen LogP contribution in [-0.2, 0) is 9.59 Å². The van der Waals surface area contributed by atoms with Crippen molar-refractivity contribution in [3.63, 3.8) is 0 Å². The molecule has 7 heteroatoms. The number of carbonyl (C=O) groups is 2. The number of hydrogen-bond acceptors (Lipinski definition) is 6. The second kappa shape index (κ2) is 10.2. The standard InChI is InChI=1S/C31H27NO5S/c1-18-7-5-8-23(15-18)37-22-12-10-21(11-13-22)32-28(26-9-6-14-38-26)27(30(34)31(32)35)29(33)24-16-20(3)25(36-4)17-19(24)2/h5-17,28,33H,1-4H3/b29-27-. The van der Waals surface area contributed by atoms with Crippen LogP contribution in [0.2, 0.25) is 0 Å². The maximum atomic E-state index is 13.4. The van der Waals surface area contributed by atoms with Crippen LogP contribution in [0.5, 0.6) is 17.2 Å². The summed E-state index contributed by atoms with van der Waals surface area (Å²) in [6.07, 6.45) is 0. The lowest BCUT2D eigenvalue weighted by Gasteiger charge is -2.24. The van der Waals surface area contributed by atoms with Crippen molar-refractivity contribution >= 4 is 34.5 Å². The van der Waals surface area contributed by atoms with Gasteiger partial charge < -0.3 is 14.6 Å². The zero-order chi connectivity index (χ0) is 27.0. The lowest BCUT2D eigenvalue weighted by molar-refractivity contribution is -0.132. The Morgan fingerprint density at radius 3 is 2.32 bits per heavy atom. The van der Waals surface area contributed by atoms with Gasteiger partial charge in [0.2, 0.25) is 0 Å². The highest BCUT2D eigenvalue weighted by Crippen LogP contribution is 2.44. The lowest BCUT2D eigenvalue weighted by Crippen LogP contribution is -2.29. The number of benzene rings is 3. The van der Waals surface area contributed by atoms with E-state index in [4.69, 9.17) is 9.47 Å². The molecule has 0 radical (unpaired) electrons. The van der Waals surface area contributed by atoms with Crippen LogP contribution in [0, 0.1) is 20.8 Å². The van der Waals surface area contributed by atoms with Crippen LogP contribution in [0.25, 0.3) is 5.76 Å². The van der Waals surface area contributed by atoms with E-state index in [9.17, 15) is 14.7 Å². The van der Waals surface area contributed by atoms with Crippen LogP contribution in [-0.4, -0.2) is 23.9 Å². The number of methoxy groups -OCH3 is 1. The molecule has 1 amide bonds. The SMILES string of the molecule is COc1cc(C)c(/C(O)=C2/C(=O)C(=O)N(c3ccc(Oc4cccc(C)c4)cc3)C2c2cccs2)cc1C. The van der Waals surface area contributed by atoms with Gasteiger partial charge in [0, 0.05) is 16.1 Å². The first kappa shape index (κ1) is 25.3. The van der Waals surface area contributed by atoms with E-state index in [1.165, 1.54) is 16.2 Å². The lowest BCUT2D eigenvalue weighted by atomic mass is 9.95. The number of ether oxygens (including phenoxy) is 2. The third kappa shape index (κ3) is 4.57. The van der Waals surface area contributed by atoms with Crippen molar-refractivity contribution in [2.45, 2.75) is 26.8 Å². The number of hydrogen-bond donors (Lipinski definition) is 1. The predicted molar refractivity (Wildman–Crippen MR) is 149 cm³/mol. The molecule has 1 N–H and O–H groups in total. The van der Waals surface area contributed by atoms with E-state index in [0.717, 1.165) is 21.6 Å². The zero-order valence-corrected chi connectivity index (χ0v) is 22.3. The number of ketones is 1. The number of aryl methyl sites for hydroxylation is 3. The Morgan fingerprint density at radius 1 is 0.895 bits per heavy atom. The van der Waals surface area contributed by atoms with Gasteiger partial charge in [0.25, 0.3) is 11.7 Å². The minimum absolute atomic E-state index is 0.0604. The van der Waals surface area contributed by atoms with Crippen molar-refractivity contribution in [1.82, 2.24) is 0 Å². The van der Waals surface area contributed by atoms with Gasteiger partial charge >= 0.3 is 0 Å². The van der Waals surface area contributed by atoms with Crippen molar-refractivity contribution < 1.29 is 24.2 Å². The Morgan fingerprint density at radius 2 is 1.66 bits per heavy atom. The number of thiophene rings is 1.